The topological polar surface area (TPSA) is 75.3 Å². The van der Waals surface area contributed by atoms with Gasteiger partial charge in [0.2, 0.25) is 0 Å². The summed E-state index contributed by atoms with van der Waals surface area (Å²) in [6.07, 6.45) is 0. The molecule has 3 aromatic rings. The summed E-state index contributed by atoms with van der Waals surface area (Å²) in [5.41, 5.74) is -2.98. The lowest BCUT2D eigenvalue weighted by molar-refractivity contribution is -0.0328. The van der Waals surface area contributed by atoms with Crippen LogP contribution in [0.5, 0.6) is 0 Å². The molecule has 0 aliphatic rings. The Morgan fingerprint density at radius 1 is 0.935 bits per heavy atom. The van der Waals surface area contributed by atoms with E-state index in [0.29, 0.717) is 16.9 Å². The number of hydrogen-bond acceptors (Lipinski definition) is 4. The van der Waals surface area contributed by atoms with Crippen LogP contribution < -0.4 is 10.0 Å². The minimum atomic E-state index is -4.41. The Balaban J connectivity index is 1.75. The van der Waals surface area contributed by atoms with E-state index in [-0.39, 0.29) is 27.1 Å². The molecule has 0 atom stereocenters. The highest BCUT2D eigenvalue weighted by Crippen LogP contribution is 2.36. The van der Waals surface area contributed by atoms with Crippen molar-refractivity contribution in [3.05, 3.63) is 83.9 Å². The molecule has 0 fully saturated rings. The molecule has 31 heavy (non-hydrogen) atoms. The van der Waals surface area contributed by atoms with E-state index in [1.54, 1.807) is 37.3 Å². The number of aryl methyl sites for hydroxylation is 1. The minimum absolute atomic E-state index is 0.0306. The van der Waals surface area contributed by atoms with Gasteiger partial charge in [-0.25, -0.2) is 8.42 Å². The zero-order valence-corrected chi connectivity index (χ0v) is 17.7. The molecular formula is C21H17F3N2O3S2. The van der Waals surface area contributed by atoms with E-state index in [0.717, 1.165) is 0 Å². The van der Waals surface area contributed by atoms with Crippen molar-refractivity contribution in [1.29, 1.82) is 0 Å². The van der Waals surface area contributed by atoms with Crippen molar-refractivity contribution in [2.24, 2.45) is 0 Å². The average Bonchev–Trinajstić information content (AvgIpc) is 2.70. The Morgan fingerprint density at radius 2 is 1.58 bits per heavy atom. The normalized spacial score (nSPS) is 11.7. The molecule has 0 radical (unpaired) electrons. The molecule has 0 saturated heterocycles. The second kappa shape index (κ2) is 9.03. The first-order valence-corrected chi connectivity index (χ1v) is 11.2. The van der Waals surface area contributed by atoms with E-state index in [1.807, 2.05) is 0 Å². The van der Waals surface area contributed by atoms with Gasteiger partial charge in [-0.15, -0.1) is 0 Å². The highest BCUT2D eigenvalue weighted by molar-refractivity contribution is 8.00. The van der Waals surface area contributed by atoms with Crippen LogP contribution in [-0.2, 0) is 10.0 Å². The summed E-state index contributed by atoms with van der Waals surface area (Å²) in [7, 11) is -3.81. The lowest BCUT2D eigenvalue weighted by Gasteiger charge is -2.13. The summed E-state index contributed by atoms with van der Waals surface area (Å²) in [6.45, 7) is 1.71. The summed E-state index contributed by atoms with van der Waals surface area (Å²) >= 11 is -0.265. The number of carbonyl (C=O) groups excluding carboxylic acids is 1. The summed E-state index contributed by atoms with van der Waals surface area (Å²) in [4.78, 5) is 12.5. The number of alkyl halides is 3. The van der Waals surface area contributed by atoms with Gasteiger partial charge in [-0.3, -0.25) is 9.52 Å². The molecule has 0 spiro atoms. The molecule has 0 saturated carbocycles. The van der Waals surface area contributed by atoms with Gasteiger partial charge in [-0.2, -0.15) is 13.2 Å². The monoisotopic (exact) mass is 466 g/mol. The molecule has 0 heterocycles. The fraction of sp³-hybridized carbons (Fsp3) is 0.0952. The SMILES string of the molecule is Cc1ccc(NC(=O)c2ccc(SC(F)(F)F)cc2)cc1NS(=O)(=O)c1ccccc1. The quantitative estimate of drug-likeness (QED) is 0.460. The standard InChI is InChI=1S/C21H17F3N2O3S2/c1-14-7-10-16(13-19(14)26-31(28,29)18-5-3-2-4-6-18)25-20(27)15-8-11-17(12-9-15)30-21(22,23)24/h2-13,26H,1H3,(H,25,27). The van der Waals surface area contributed by atoms with Crippen molar-refractivity contribution in [3.63, 3.8) is 0 Å². The lowest BCUT2D eigenvalue weighted by Crippen LogP contribution is -2.15. The van der Waals surface area contributed by atoms with Gasteiger partial charge in [0, 0.05) is 16.1 Å². The number of carbonyl (C=O) groups is 1. The largest absolute Gasteiger partial charge is 0.446 e. The molecule has 0 aliphatic heterocycles. The maximum atomic E-state index is 12.6. The van der Waals surface area contributed by atoms with Crippen molar-refractivity contribution in [1.82, 2.24) is 0 Å². The van der Waals surface area contributed by atoms with Crippen LogP contribution in [0, 0.1) is 6.92 Å². The molecule has 2 N–H and O–H groups in total. The van der Waals surface area contributed by atoms with Crippen molar-refractivity contribution < 1.29 is 26.4 Å². The summed E-state index contributed by atoms with van der Waals surface area (Å²) in [5.74, 6) is -0.538. The summed E-state index contributed by atoms with van der Waals surface area (Å²) in [6, 6.07) is 17.6. The summed E-state index contributed by atoms with van der Waals surface area (Å²) in [5, 5.41) is 2.62. The number of rotatable bonds is 6. The van der Waals surface area contributed by atoms with Crippen LogP contribution in [0.2, 0.25) is 0 Å². The number of benzene rings is 3. The molecule has 0 aromatic heterocycles. The van der Waals surface area contributed by atoms with Crippen LogP contribution in [0.1, 0.15) is 15.9 Å². The molecule has 0 unspecified atom stereocenters. The van der Waals surface area contributed by atoms with Gasteiger partial charge in [0.25, 0.3) is 15.9 Å². The molecule has 162 valence electrons. The fourth-order valence-electron chi connectivity index (χ4n) is 2.62. The molecule has 3 aromatic carbocycles. The zero-order valence-electron chi connectivity index (χ0n) is 16.1. The Labute approximate surface area is 181 Å². The predicted octanol–water partition coefficient (Wildman–Crippen LogP) is 5.66. The van der Waals surface area contributed by atoms with Crippen molar-refractivity contribution in [3.8, 4) is 0 Å². The molecule has 5 nitrogen and oxygen atoms in total. The predicted molar refractivity (Wildman–Crippen MR) is 115 cm³/mol. The number of thioether (sulfide) groups is 1. The van der Waals surface area contributed by atoms with E-state index in [2.05, 4.69) is 10.0 Å². The van der Waals surface area contributed by atoms with Gasteiger partial charge < -0.3 is 5.32 Å². The molecule has 0 bridgehead atoms. The molecule has 3 rings (SSSR count). The van der Waals surface area contributed by atoms with Crippen LogP contribution in [0.4, 0.5) is 24.5 Å². The van der Waals surface area contributed by atoms with Gasteiger partial charge in [0.05, 0.1) is 10.6 Å². The smallest absolute Gasteiger partial charge is 0.322 e. The second-order valence-corrected chi connectivity index (χ2v) is 9.30. The number of amides is 1. The first-order chi connectivity index (χ1) is 14.5. The zero-order chi connectivity index (χ0) is 22.6. The first-order valence-electron chi connectivity index (χ1n) is 8.89. The third-order valence-electron chi connectivity index (χ3n) is 4.14. The van der Waals surface area contributed by atoms with Crippen molar-refractivity contribution in [2.75, 3.05) is 10.0 Å². The van der Waals surface area contributed by atoms with E-state index in [4.69, 9.17) is 0 Å². The maximum absolute atomic E-state index is 12.6. The fourth-order valence-corrected chi connectivity index (χ4v) is 4.31. The maximum Gasteiger partial charge on any atom is 0.446 e. The number of anilines is 2. The van der Waals surface area contributed by atoms with E-state index < -0.39 is 21.4 Å². The first kappa shape index (κ1) is 22.7. The van der Waals surface area contributed by atoms with Crippen LogP contribution in [-0.4, -0.2) is 19.8 Å². The Kier molecular flexibility index (Phi) is 6.61. The summed E-state index contributed by atoms with van der Waals surface area (Å²) < 4.78 is 64.9. The van der Waals surface area contributed by atoms with Gasteiger partial charge in [0.15, 0.2) is 0 Å². The number of nitrogens with one attached hydrogen (secondary N) is 2. The van der Waals surface area contributed by atoms with Gasteiger partial charge >= 0.3 is 5.51 Å². The van der Waals surface area contributed by atoms with Crippen LogP contribution >= 0.6 is 11.8 Å². The van der Waals surface area contributed by atoms with Gasteiger partial charge in [-0.1, -0.05) is 24.3 Å². The second-order valence-electron chi connectivity index (χ2n) is 6.47. The van der Waals surface area contributed by atoms with Gasteiger partial charge in [-0.05, 0) is 72.8 Å². The average molecular weight is 467 g/mol. The molecule has 1 amide bonds. The molecular weight excluding hydrogens is 449 g/mol. The minimum Gasteiger partial charge on any atom is -0.322 e. The van der Waals surface area contributed by atoms with E-state index >= 15 is 0 Å². The van der Waals surface area contributed by atoms with Crippen molar-refractivity contribution in [2.45, 2.75) is 22.2 Å². The van der Waals surface area contributed by atoms with Gasteiger partial charge in [0.1, 0.15) is 0 Å². The van der Waals surface area contributed by atoms with Crippen LogP contribution in [0.15, 0.2) is 82.6 Å². The Hall–Kier alpha value is -2.98. The highest BCUT2D eigenvalue weighted by Gasteiger charge is 2.29. The number of sulfonamides is 1. The Bertz CT molecular complexity index is 1180. The third-order valence-corrected chi connectivity index (χ3v) is 6.26. The Morgan fingerprint density at radius 3 is 2.19 bits per heavy atom. The molecule has 0 aliphatic carbocycles. The molecule has 10 heteroatoms. The third kappa shape index (κ3) is 6.25. The van der Waals surface area contributed by atoms with Crippen LogP contribution in [0.25, 0.3) is 0 Å². The number of halogens is 3. The van der Waals surface area contributed by atoms with Crippen LogP contribution in [0.3, 0.4) is 0 Å². The van der Waals surface area contributed by atoms with Crippen molar-refractivity contribution >= 4 is 39.1 Å². The lowest BCUT2D eigenvalue weighted by atomic mass is 10.1. The number of hydrogen-bond donors (Lipinski definition) is 2. The van der Waals surface area contributed by atoms with E-state index in [1.165, 1.54) is 42.5 Å². The highest BCUT2D eigenvalue weighted by atomic mass is 32.2. The van der Waals surface area contributed by atoms with E-state index in [9.17, 15) is 26.4 Å².